The lowest BCUT2D eigenvalue weighted by molar-refractivity contribution is 0.171. The average Bonchev–Trinajstić information content (AvgIpc) is 3.17. The highest BCUT2D eigenvalue weighted by Gasteiger charge is 2.14. The summed E-state index contributed by atoms with van der Waals surface area (Å²) in [5.41, 5.74) is 2.11. The van der Waals surface area contributed by atoms with E-state index in [2.05, 4.69) is 16.8 Å². The quantitative estimate of drug-likeness (QED) is 0.707. The zero-order valence-electron chi connectivity index (χ0n) is 10.5. The summed E-state index contributed by atoms with van der Waals surface area (Å²) in [6.07, 6.45) is 0. The minimum atomic E-state index is 0.606. The lowest BCUT2D eigenvalue weighted by Crippen LogP contribution is -2.15. The van der Waals surface area contributed by atoms with E-state index < -0.39 is 0 Å². The largest absolute Gasteiger partial charge is 0.486 e. The summed E-state index contributed by atoms with van der Waals surface area (Å²) in [4.78, 5) is 5.90. The van der Waals surface area contributed by atoms with E-state index in [0.29, 0.717) is 13.2 Å². The van der Waals surface area contributed by atoms with Crippen LogP contribution in [0.15, 0.2) is 41.1 Å². The zero-order chi connectivity index (χ0) is 13.4. The molecule has 1 aromatic carbocycles. The molecule has 3 heterocycles. The monoisotopic (exact) mass is 301 g/mol. The first kappa shape index (κ1) is 11.9. The van der Waals surface area contributed by atoms with Gasteiger partial charge in [-0.2, -0.15) is 0 Å². The molecule has 0 saturated heterocycles. The normalized spacial score (nSPS) is 13.4. The zero-order valence-corrected chi connectivity index (χ0v) is 12.2. The molecular formula is C15H11NO2S2. The Kier molecular flexibility index (Phi) is 2.94. The molecule has 3 aromatic rings. The molecule has 0 atom stereocenters. The van der Waals surface area contributed by atoms with Gasteiger partial charge in [0.25, 0.3) is 0 Å². The summed E-state index contributed by atoms with van der Waals surface area (Å²) >= 11 is 3.36. The van der Waals surface area contributed by atoms with E-state index in [9.17, 15) is 0 Å². The van der Waals surface area contributed by atoms with E-state index in [1.165, 1.54) is 4.88 Å². The molecular weight excluding hydrogens is 290 g/mol. The Labute approximate surface area is 124 Å². The van der Waals surface area contributed by atoms with Crippen molar-refractivity contribution >= 4 is 22.7 Å². The Hall–Kier alpha value is -1.85. The summed E-state index contributed by atoms with van der Waals surface area (Å²) < 4.78 is 11.2. The highest BCUT2D eigenvalue weighted by Crippen LogP contribution is 2.37. The summed E-state index contributed by atoms with van der Waals surface area (Å²) in [5, 5.41) is 5.17. The summed E-state index contributed by atoms with van der Waals surface area (Å²) in [5.74, 6) is 1.62. The van der Waals surface area contributed by atoms with Crippen LogP contribution in [0.25, 0.3) is 21.1 Å². The summed E-state index contributed by atoms with van der Waals surface area (Å²) in [6.45, 7) is 1.22. The van der Waals surface area contributed by atoms with E-state index in [-0.39, 0.29) is 0 Å². The number of hydrogen-bond donors (Lipinski definition) is 0. The molecule has 100 valence electrons. The van der Waals surface area contributed by atoms with Crippen LogP contribution in [0.2, 0.25) is 0 Å². The Morgan fingerprint density at radius 2 is 1.90 bits per heavy atom. The number of nitrogens with zero attached hydrogens (tertiary/aromatic N) is 1. The SMILES string of the molecule is c1csc(-c2csc(-c3ccc4c(c3)OCCO4)n2)c1. The van der Waals surface area contributed by atoms with Gasteiger partial charge in [-0.05, 0) is 29.6 Å². The molecule has 2 aromatic heterocycles. The van der Waals surface area contributed by atoms with Gasteiger partial charge in [-0.1, -0.05) is 6.07 Å². The number of hydrogen-bond acceptors (Lipinski definition) is 5. The molecule has 3 nitrogen and oxygen atoms in total. The number of aromatic nitrogens is 1. The number of benzene rings is 1. The first-order chi connectivity index (χ1) is 9.90. The van der Waals surface area contributed by atoms with Crippen molar-refractivity contribution in [2.45, 2.75) is 0 Å². The Morgan fingerprint density at radius 1 is 1.00 bits per heavy atom. The molecule has 0 spiro atoms. The van der Waals surface area contributed by atoms with Crippen molar-refractivity contribution in [3.63, 3.8) is 0 Å². The lowest BCUT2D eigenvalue weighted by atomic mass is 10.2. The van der Waals surface area contributed by atoms with Gasteiger partial charge in [-0.15, -0.1) is 22.7 Å². The van der Waals surface area contributed by atoms with Crippen LogP contribution in [-0.2, 0) is 0 Å². The van der Waals surface area contributed by atoms with Crippen molar-refractivity contribution < 1.29 is 9.47 Å². The minimum absolute atomic E-state index is 0.606. The van der Waals surface area contributed by atoms with Gasteiger partial charge in [0.05, 0.1) is 10.6 Å². The molecule has 0 unspecified atom stereocenters. The number of rotatable bonds is 2. The van der Waals surface area contributed by atoms with Crippen LogP contribution in [0, 0.1) is 0 Å². The Morgan fingerprint density at radius 3 is 2.75 bits per heavy atom. The molecule has 0 amide bonds. The van der Waals surface area contributed by atoms with Crippen LogP contribution in [0.3, 0.4) is 0 Å². The minimum Gasteiger partial charge on any atom is -0.486 e. The maximum Gasteiger partial charge on any atom is 0.162 e. The van der Waals surface area contributed by atoms with E-state index in [4.69, 9.17) is 14.5 Å². The van der Waals surface area contributed by atoms with Gasteiger partial charge in [0.2, 0.25) is 0 Å². The first-order valence-electron chi connectivity index (χ1n) is 6.29. The number of ether oxygens (including phenoxy) is 2. The predicted octanol–water partition coefficient (Wildman–Crippen LogP) is 4.31. The van der Waals surface area contributed by atoms with E-state index in [1.807, 2.05) is 24.3 Å². The number of thiophene rings is 1. The van der Waals surface area contributed by atoms with Crippen molar-refractivity contribution in [3.05, 3.63) is 41.1 Å². The van der Waals surface area contributed by atoms with E-state index in [1.54, 1.807) is 22.7 Å². The molecule has 0 bridgehead atoms. The summed E-state index contributed by atoms with van der Waals surface area (Å²) in [6, 6.07) is 10.1. The first-order valence-corrected chi connectivity index (χ1v) is 8.05. The third-order valence-corrected chi connectivity index (χ3v) is 4.85. The van der Waals surface area contributed by atoms with Crippen molar-refractivity contribution in [2.75, 3.05) is 13.2 Å². The third kappa shape index (κ3) is 2.09. The standard InChI is InChI=1S/C15H11NO2S2/c1-2-14(19-7-1)11-9-20-15(16-11)10-3-4-12-13(8-10)18-6-5-17-12/h1-4,7-9H,5-6H2. The third-order valence-electron chi connectivity index (χ3n) is 3.07. The molecule has 5 heteroatoms. The van der Waals surface area contributed by atoms with Gasteiger partial charge < -0.3 is 9.47 Å². The fourth-order valence-corrected chi connectivity index (χ4v) is 3.70. The van der Waals surface area contributed by atoms with Crippen molar-refractivity contribution in [2.24, 2.45) is 0 Å². The molecule has 0 aliphatic carbocycles. The van der Waals surface area contributed by atoms with Crippen LogP contribution in [0.1, 0.15) is 0 Å². The predicted molar refractivity (Wildman–Crippen MR) is 81.9 cm³/mol. The molecule has 4 rings (SSSR count). The smallest absolute Gasteiger partial charge is 0.162 e. The van der Waals surface area contributed by atoms with Crippen molar-refractivity contribution in [1.82, 2.24) is 4.98 Å². The molecule has 20 heavy (non-hydrogen) atoms. The van der Waals surface area contributed by atoms with Gasteiger partial charge in [0, 0.05) is 10.9 Å². The van der Waals surface area contributed by atoms with E-state index >= 15 is 0 Å². The van der Waals surface area contributed by atoms with E-state index in [0.717, 1.165) is 27.8 Å². The molecule has 0 N–H and O–H groups in total. The second-order valence-electron chi connectivity index (χ2n) is 4.37. The van der Waals surface area contributed by atoms with Crippen LogP contribution in [0.4, 0.5) is 0 Å². The van der Waals surface area contributed by atoms with Crippen molar-refractivity contribution in [1.29, 1.82) is 0 Å². The van der Waals surface area contributed by atoms with Gasteiger partial charge in [-0.25, -0.2) is 4.98 Å². The highest BCUT2D eigenvalue weighted by molar-refractivity contribution is 7.15. The Balaban J connectivity index is 1.71. The maximum absolute atomic E-state index is 5.62. The second-order valence-corrected chi connectivity index (χ2v) is 6.18. The lowest BCUT2D eigenvalue weighted by Gasteiger charge is -2.18. The van der Waals surface area contributed by atoms with Gasteiger partial charge in [-0.3, -0.25) is 0 Å². The maximum atomic E-state index is 5.62. The Bertz CT molecular complexity index is 734. The van der Waals surface area contributed by atoms with Gasteiger partial charge in [0.15, 0.2) is 11.5 Å². The molecule has 0 saturated carbocycles. The number of thiazole rings is 1. The van der Waals surface area contributed by atoms with Crippen LogP contribution < -0.4 is 9.47 Å². The van der Waals surface area contributed by atoms with Crippen molar-refractivity contribution in [3.8, 4) is 32.6 Å². The average molecular weight is 301 g/mol. The van der Waals surface area contributed by atoms with Crippen LogP contribution >= 0.6 is 22.7 Å². The molecule has 1 aliphatic heterocycles. The fourth-order valence-electron chi connectivity index (χ4n) is 2.12. The number of fused-ring (bicyclic) bond motifs is 1. The molecule has 1 aliphatic rings. The van der Waals surface area contributed by atoms with Gasteiger partial charge >= 0.3 is 0 Å². The fraction of sp³-hybridized carbons (Fsp3) is 0.133. The molecule has 0 radical (unpaired) electrons. The van der Waals surface area contributed by atoms with Crippen LogP contribution in [0.5, 0.6) is 11.5 Å². The van der Waals surface area contributed by atoms with Gasteiger partial charge in [0.1, 0.15) is 18.2 Å². The second kappa shape index (κ2) is 4.92. The molecule has 0 fully saturated rings. The summed E-state index contributed by atoms with van der Waals surface area (Å²) in [7, 11) is 0. The highest BCUT2D eigenvalue weighted by atomic mass is 32.1. The topological polar surface area (TPSA) is 31.4 Å². The van der Waals surface area contributed by atoms with Crippen LogP contribution in [-0.4, -0.2) is 18.2 Å².